The third-order valence-electron chi connectivity index (χ3n) is 3.33. The number of aromatic hydroxyl groups is 1. The predicted octanol–water partition coefficient (Wildman–Crippen LogP) is 4.27. The Balaban J connectivity index is 2.45. The maximum atomic E-state index is 12.2. The summed E-state index contributed by atoms with van der Waals surface area (Å²) in [6, 6.07) is 9.89. The zero-order valence-corrected chi connectivity index (χ0v) is 14.0. The van der Waals surface area contributed by atoms with Gasteiger partial charge in [-0.3, -0.25) is 0 Å². The molecule has 118 valence electrons. The fraction of sp³-hybridized carbons (Fsp3) is 0.250. The first-order valence-corrected chi connectivity index (χ1v) is 8.86. The van der Waals surface area contributed by atoms with Gasteiger partial charge >= 0.3 is 10.4 Å². The van der Waals surface area contributed by atoms with E-state index in [-0.39, 0.29) is 10.6 Å². The molecule has 4 nitrogen and oxygen atoms in total. The monoisotopic (exact) mass is 340 g/mol. The van der Waals surface area contributed by atoms with Crippen LogP contribution < -0.4 is 4.72 Å². The van der Waals surface area contributed by atoms with Gasteiger partial charge in [-0.05, 0) is 41.3 Å². The summed E-state index contributed by atoms with van der Waals surface area (Å²) in [6.45, 7) is 4.23. The number of nitrogens with one attached hydrogen (secondary N) is 1. The Bertz CT molecular complexity index is 713. The molecule has 0 bridgehead atoms. The van der Waals surface area contributed by atoms with Crippen molar-refractivity contribution in [3.05, 3.63) is 47.0 Å². The molecule has 0 aliphatic carbocycles. The van der Waals surface area contributed by atoms with Crippen LogP contribution in [0.15, 0.2) is 41.3 Å². The first kappa shape index (κ1) is 17.0. The predicted molar refractivity (Wildman–Crippen MR) is 90.5 cm³/mol. The minimum atomic E-state index is -3.31. The molecular formula is C16H19ClNO3S+. The van der Waals surface area contributed by atoms with E-state index in [2.05, 4.69) is 4.72 Å². The second-order valence-corrected chi connectivity index (χ2v) is 7.25. The quantitative estimate of drug-likeness (QED) is 0.712. The molecule has 0 heterocycles. The number of aryl methyl sites for hydroxylation is 1. The zero-order valence-electron chi connectivity index (χ0n) is 12.5. The minimum absolute atomic E-state index is 0.128. The van der Waals surface area contributed by atoms with Crippen molar-refractivity contribution in [2.24, 2.45) is 0 Å². The van der Waals surface area contributed by atoms with E-state index in [1.54, 1.807) is 24.3 Å². The Morgan fingerprint density at radius 3 is 2.59 bits per heavy atom. The van der Waals surface area contributed by atoms with Gasteiger partial charge in [-0.25, -0.2) is 0 Å². The highest BCUT2D eigenvalue weighted by atomic mass is 35.5. The highest BCUT2D eigenvalue weighted by molar-refractivity contribution is 7.95. The lowest BCUT2D eigenvalue weighted by Crippen LogP contribution is -2.30. The summed E-state index contributed by atoms with van der Waals surface area (Å²) in [6.07, 6.45) is 0.750. The van der Waals surface area contributed by atoms with Gasteiger partial charge < -0.3 is 5.11 Å². The number of rotatable bonds is 5. The Morgan fingerprint density at radius 1 is 1.27 bits per heavy atom. The van der Waals surface area contributed by atoms with E-state index in [1.807, 2.05) is 19.9 Å². The summed E-state index contributed by atoms with van der Waals surface area (Å²) in [4.78, 5) is 0.225. The van der Waals surface area contributed by atoms with Gasteiger partial charge in [0.2, 0.25) is 4.90 Å². The number of phenols is 1. The molecular weight excluding hydrogens is 322 g/mol. The molecule has 0 aliphatic heterocycles. The molecule has 1 unspecified atom stereocenters. The molecule has 2 aromatic rings. The van der Waals surface area contributed by atoms with Gasteiger partial charge in [-0.2, -0.15) is 4.55 Å². The third-order valence-corrected chi connectivity index (χ3v) is 5.13. The molecule has 0 fully saturated rings. The van der Waals surface area contributed by atoms with Gasteiger partial charge in [0.1, 0.15) is 5.75 Å². The van der Waals surface area contributed by atoms with Crippen LogP contribution in [0.3, 0.4) is 0 Å². The zero-order chi connectivity index (χ0) is 16.3. The second-order valence-electron chi connectivity index (χ2n) is 5.03. The second kappa shape index (κ2) is 6.79. The SMILES string of the molecule is CCCN[S+](=O)(O)c1ccc(-c2c(C)cccc2O)c(Cl)c1. The number of hydrogen-bond donors (Lipinski definition) is 3. The summed E-state index contributed by atoms with van der Waals surface area (Å²) < 4.78 is 24.8. The van der Waals surface area contributed by atoms with Crippen molar-refractivity contribution in [1.29, 1.82) is 0 Å². The highest BCUT2D eigenvalue weighted by Crippen LogP contribution is 2.37. The fourth-order valence-electron chi connectivity index (χ4n) is 2.20. The third kappa shape index (κ3) is 3.50. The molecule has 0 spiro atoms. The van der Waals surface area contributed by atoms with Crippen molar-refractivity contribution < 1.29 is 13.9 Å². The minimum Gasteiger partial charge on any atom is -0.507 e. The van der Waals surface area contributed by atoms with Crippen LogP contribution in [0.2, 0.25) is 5.02 Å². The van der Waals surface area contributed by atoms with Crippen molar-refractivity contribution >= 4 is 22.0 Å². The largest absolute Gasteiger partial charge is 0.507 e. The highest BCUT2D eigenvalue weighted by Gasteiger charge is 2.29. The van der Waals surface area contributed by atoms with Gasteiger partial charge in [0, 0.05) is 23.7 Å². The van der Waals surface area contributed by atoms with Gasteiger partial charge in [-0.1, -0.05) is 30.7 Å². The number of hydrogen-bond acceptors (Lipinski definition) is 2. The van der Waals surface area contributed by atoms with Crippen molar-refractivity contribution in [3.8, 4) is 16.9 Å². The first-order chi connectivity index (χ1) is 10.4. The molecule has 6 heteroatoms. The molecule has 0 aromatic heterocycles. The first-order valence-electron chi connectivity index (χ1n) is 6.96. The molecule has 1 atom stereocenters. The van der Waals surface area contributed by atoms with E-state index in [0.717, 1.165) is 12.0 Å². The molecule has 0 radical (unpaired) electrons. The van der Waals surface area contributed by atoms with Gasteiger partial charge in [-0.15, -0.1) is 4.72 Å². The number of phenolic OH excluding ortho intramolecular Hbond substituents is 1. The number of benzene rings is 2. The van der Waals surface area contributed by atoms with E-state index in [4.69, 9.17) is 11.6 Å². The van der Waals surface area contributed by atoms with Crippen LogP contribution in [0, 0.1) is 6.92 Å². The summed E-state index contributed by atoms with van der Waals surface area (Å²) in [7, 11) is -3.31. The summed E-state index contributed by atoms with van der Waals surface area (Å²) in [5, 5.41) is 10.4. The molecule has 22 heavy (non-hydrogen) atoms. The molecule has 0 saturated heterocycles. The van der Waals surface area contributed by atoms with Crippen molar-refractivity contribution in [1.82, 2.24) is 4.72 Å². The fourth-order valence-corrected chi connectivity index (χ4v) is 3.71. The Kier molecular flexibility index (Phi) is 5.24. The lowest BCUT2D eigenvalue weighted by Gasteiger charge is -2.11. The Morgan fingerprint density at radius 2 is 2.00 bits per heavy atom. The molecule has 0 amide bonds. The summed E-state index contributed by atoms with van der Waals surface area (Å²) in [5.74, 6) is 0.128. The van der Waals surface area contributed by atoms with Crippen molar-refractivity contribution in [2.45, 2.75) is 25.2 Å². The normalized spacial score (nSPS) is 13.8. The van der Waals surface area contributed by atoms with E-state index in [1.165, 1.54) is 6.07 Å². The van der Waals surface area contributed by atoms with Crippen LogP contribution in [0.1, 0.15) is 18.9 Å². The van der Waals surface area contributed by atoms with Crippen LogP contribution in [0.4, 0.5) is 0 Å². The lowest BCUT2D eigenvalue weighted by molar-refractivity contribution is 0.477. The Hall–Kier alpha value is -1.40. The van der Waals surface area contributed by atoms with Gasteiger partial charge in [0.15, 0.2) is 0 Å². The maximum Gasteiger partial charge on any atom is 0.323 e. The van der Waals surface area contributed by atoms with Crippen LogP contribution in [-0.4, -0.2) is 16.2 Å². The molecule has 2 rings (SSSR count). The van der Waals surface area contributed by atoms with E-state index in [9.17, 15) is 13.9 Å². The Labute approximate surface area is 136 Å². The van der Waals surface area contributed by atoms with Crippen LogP contribution in [0.25, 0.3) is 11.1 Å². The smallest absolute Gasteiger partial charge is 0.323 e. The van der Waals surface area contributed by atoms with Crippen LogP contribution >= 0.6 is 11.6 Å². The standard InChI is InChI=1S/C16H18ClNO3S/c1-3-9-18-22(20,21)12-7-8-13(14(17)10-12)16-11(2)5-4-6-15(16)19/h4-8,10H,3,9H2,1-2H3,(H2-,18,19,20,21)/p+1. The maximum absolute atomic E-state index is 12.2. The van der Waals surface area contributed by atoms with E-state index in [0.29, 0.717) is 22.7 Å². The lowest BCUT2D eigenvalue weighted by atomic mass is 9.99. The van der Waals surface area contributed by atoms with Gasteiger partial charge in [0.25, 0.3) is 0 Å². The van der Waals surface area contributed by atoms with Crippen LogP contribution in [-0.2, 0) is 14.6 Å². The van der Waals surface area contributed by atoms with Crippen molar-refractivity contribution in [3.63, 3.8) is 0 Å². The molecule has 2 aromatic carbocycles. The van der Waals surface area contributed by atoms with Crippen LogP contribution in [0.5, 0.6) is 5.75 Å². The molecule has 0 aliphatic rings. The van der Waals surface area contributed by atoms with Crippen molar-refractivity contribution in [2.75, 3.05) is 6.54 Å². The topological polar surface area (TPSA) is 69.6 Å². The van der Waals surface area contributed by atoms with E-state index >= 15 is 0 Å². The number of halogens is 1. The summed E-state index contributed by atoms with van der Waals surface area (Å²) in [5.41, 5.74) is 2.14. The average molecular weight is 341 g/mol. The molecule has 0 saturated carbocycles. The van der Waals surface area contributed by atoms with E-state index < -0.39 is 10.4 Å². The molecule has 3 N–H and O–H groups in total. The average Bonchev–Trinajstić information content (AvgIpc) is 2.46. The summed E-state index contributed by atoms with van der Waals surface area (Å²) >= 11 is 6.27. The van der Waals surface area contributed by atoms with Gasteiger partial charge in [0.05, 0.1) is 5.02 Å².